The molecule has 3 aromatic carbocycles. The Bertz CT molecular complexity index is 1250. The van der Waals surface area contributed by atoms with Crippen LogP contribution in [0.2, 0.25) is 20.1 Å². The topological polar surface area (TPSA) is 87.5 Å². The first-order chi connectivity index (χ1) is 16.2. The summed E-state index contributed by atoms with van der Waals surface area (Å²) in [6.07, 6.45) is 0.308. The van der Waals surface area contributed by atoms with Crippen LogP contribution in [-0.4, -0.2) is 22.9 Å². The van der Waals surface area contributed by atoms with Gasteiger partial charge in [0.15, 0.2) is 0 Å². The van der Waals surface area contributed by atoms with E-state index in [1.165, 1.54) is 0 Å². The summed E-state index contributed by atoms with van der Waals surface area (Å²) in [5.41, 5.74) is 9.96. The highest BCUT2D eigenvalue weighted by atomic mass is 35.5. The van der Waals surface area contributed by atoms with E-state index in [0.29, 0.717) is 51.0 Å². The van der Waals surface area contributed by atoms with Crippen molar-refractivity contribution in [2.24, 2.45) is 5.73 Å². The minimum Gasteiger partial charge on any atom is -0.333 e. The monoisotopic (exact) mass is 536 g/mol. The van der Waals surface area contributed by atoms with Crippen molar-refractivity contribution in [3.05, 3.63) is 91.4 Å². The van der Waals surface area contributed by atoms with Crippen LogP contribution >= 0.6 is 46.4 Å². The first-order valence-corrected chi connectivity index (χ1v) is 11.8. The Morgan fingerprint density at radius 3 is 2.21 bits per heavy atom. The SMILES string of the molecule is N[C@H](Cc1ccc(Cl)cc1Cl)C(=O)N1Cc2ccc(NC(=O)Nc3cc(Cl)cc(Cl)c3)cc2C1. The van der Waals surface area contributed by atoms with E-state index in [1.54, 1.807) is 47.4 Å². The average Bonchev–Trinajstić information content (AvgIpc) is 3.17. The van der Waals surface area contributed by atoms with E-state index in [-0.39, 0.29) is 5.91 Å². The lowest BCUT2D eigenvalue weighted by molar-refractivity contribution is -0.133. The number of halogens is 4. The Hall–Kier alpha value is -2.48. The van der Waals surface area contributed by atoms with E-state index in [9.17, 15) is 9.59 Å². The number of benzene rings is 3. The average molecular weight is 538 g/mol. The maximum absolute atomic E-state index is 12.9. The Balaban J connectivity index is 1.37. The number of anilines is 2. The van der Waals surface area contributed by atoms with Crippen molar-refractivity contribution in [3.63, 3.8) is 0 Å². The first kappa shape index (κ1) is 24.6. The number of fused-ring (bicyclic) bond motifs is 1. The molecule has 1 aliphatic rings. The summed E-state index contributed by atoms with van der Waals surface area (Å²) in [7, 11) is 0. The molecule has 10 heteroatoms. The van der Waals surface area contributed by atoms with Gasteiger partial charge in [0.2, 0.25) is 5.91 Å². The molecular formula is C24H20Cl4N4O2. The van der Waals surface area contributed by atoms with Crippen molar-refractivity contribution < 1.29 is 9.59 Å². The molecular weight excluding hydrogens is 518 g/mol. The van der Waals surface area contributed by atoms with Crippen molar-refractivity contribution in [1.29, 1.82) is 0 Å². The molecule has 0 radical (unpaired) electrons. The van der Waals surface area contributed by atoms with E-state index in [0.717, 1.165) is 16.7 Å². The van der Waals surface area contributed by atoms with Crippen LogP contribution < -0.4 is 16.4 Å². The van der Waals surface area contributed by atoms with Gasteiger partial charge in [0.1, 0.15) is 0 Å². The molecule has 4 N–H and O–H groups in total. The second kappa shape index (κ2) is 10.4. The quantitative estimate of drug-likeness (QED) is 0.354. The van der Waals surface area contributed by atoms with Gasteiger partial charge in [-0.1, -0.05) is 58.5 Å². The second-order valence-electron chi connectivity index (χ2n) is 7.96. The number of rotatable bonds is 5. The van der Waals surface area contributed by atoms with Gasteiger partial charge >= 0.3 is 6.03 Å². The zero-order chi connectivity index (χ0) is 24.4. The lowest BCUT2D eigenvalue weighted by Gasteiger charge is -2.20. The van der Waals surface area contributed by atoms with Gasteiger partial charge in [0.05, 0.1) is 6.04 Å². The number of hydrogen-bond acceptors (Lipinski definition) is 3. The molecule has 34 heavy (non-hydrogen) atoms. The molecule has 3 aromatic rings. The molecule has 1 atom stereocenters. The predicted octanol–water partition coefficient (Wildman–Crippen LogP) is 6.36. The lowest BCUT2D eigenvalue weighted by atomic mass is 10.1. The molecule has 3 amide bonds. The van der Waals surface area contributed by atoms with Gasteiger partial charge in [0.25, 0.3) is 0 Å². The number of carbonyl (C=O) groups is 2. The number of nitrogens with one attached hydrogen (secondary N) is 2. The molecule has 6 nitrogen and oxygen atoms in total. The highest BCUT2D eigenvalue weighted by Gasteiger charge is 2.28. The highest BCUT2D eigenvalue weighted by Crippen LogP contribution is 2.28. The molecule has 176 valence electrons. The Kier molecular flexibility index (Phi) is 7.55. The van der Waals surface area contributed by atoms with Gasteiger partial charge in [-0.15, -0.1) is 0 Å². The largest absolute Gasteiger partial charge is 0.333 e. The molecule has 4 rings (SSSR count). The number of nitrogens with zero attached hydrogens (tertiary/aromatic N) is 1. The second-order valence-corrected chi connectivity index (χ2v) is 9.68. The van der Waals surface area contributed by atoms with E-state index >= 15 is 0 Å². The van der Waals surface area contributed by atoms with E-state index in [1.807, 2.05) is 12.1 Å². The molecule has 1 heterocycles. The van der Waals surface area contributed by atoms with Crippen molar-refractivity contribution >= 4 is 69.7 Å². The van der Waals surface area contributed by atoms with Crippen molar-refractivity contribution in [2.75, 3.05) is 10.6 Å². The summed E-state index contributed by atoms with van der Waals surface area (Å²) in [6.45, 7) is 0.848. The van der Waals surface area contributed by atoms with Crippen LogP contribution in [0.5, 0.6) is 0 Å². The number of hydrogen-bond donors (Lipinski definition) is 3. The van der Waals surface area contributed by atoms with Crippen LogP contribution in [0.3, 0.4) is 0 Å². The number of nitrogens with two attached hydrogens (primary N) is 1. The highest BCUT2D eigenvalue weighted by molar-refractivity contribution is 6.35. The fourth-order valence-corrected chi connectivity index (χ4v) is 4.81. The fraction of sp³-hybridized carbons (Fsp3) is 0.167. The van der Waals surface area contributed by atoms with E-state index in [2.05, 4.69) is 10.6 Å². The third-order valence-corrected chi connectivity index (χ3v) is 6.41. The van der Waals surface area contributed by atoms with Crippen molar-refractivity contribution in [2.45, 2.75) is 25.6 Å². The van der Waals surface area contributed by atoms with Gasteiger partial charge in [-0.2, -0.15) is 0 Å². The van der Waals surface area contributed by atoms with Gasteiger partial charge in [-0.3, -0.25) is 4.79 Å². The minimum absolute atomic E-state index is 0.174. The summed E-state index contributed by atoms with van der Waals surface area (Å²) >= 11 is 24.1. The van der Waals surface area contributed by atoms with Gasteiger partial charge < -0.3 is 21.3 Å². The van der Waals surface area contributed by atoms with Crippen LogP contribution in [0, 0.1) is 0 Å². The van der Waals surface area contributed by atoms with Crippen molar-refractivity contribution in [3.8, 4) is 0 Å². The molecule has 0 saturated carbocycles. The molecule has 0 aromatic heterocycles. The Labute approximate surface area is 216 Å². The van der Waals surface area contributed by atoms with E-state index in [4.69, 9.17) is 52.1 Å². The maximum Gasteiger partial charge on any atom is 0.323 e. The maximum atomic E-state index is 12.9. The third kappa shape index (κ3) is 5.95. The van der Waals surface area contributed by atoms with Crippen LogP contribution in [0.25, 0.3) is 0 Å². The first-order valence-electron chi connectivity index (χ1n) is 10.3. The number of amides is 3. The summed E-state index contributed by atoms with van der Waals surface area (Å²) in [5.74, 6) is -0.174. The molecule has 1 aliphatic heterocycles. The standard InChI is InChI=1S/C24H20Cl4N4O2/c25-16-3-1-13(21(28)10-16)6-22(29)23(33)32-11-14-2-4-19(5-15(14)12-32)30-24(34)31-20-8-17(26)7-18(27)9-20/h1-5,7-10,22H,6,11-12,29H2,(H2,30,31,34)/t22-/m1/s1. The molecule has 0 unspecified atom stereocenters. The summed E-state index contributed by atoms with van der Waals surface area (Å²) < 4.78 is 0. The van der Waals surface area contributed by atoms with Gasteiger partial charge in [-0.05, 0) is 65.6 Å². The Morgan fingerprint density at radius 2 is 1.50 bits per heavy atom. The molecule has 0 fully saturated rings. The van der Waals surface area contributed by atoms with Crippen LogP contribution in [0.1, 0.15) is 16.7 Å². The van der Waals surface area contributed by atoms with Crippen LogP contribution in [-0.2, 0) is 24.3 Å². The third-order valence-electron chi connectivity index (χ3n) is 5.39. The molecule has 0 spiro atoms. The van der Waals surface area contributed by atoms with Crippen LogP contribution in [0.15, 0.2) is 54.6 Å². The molecule has 0 aliphatic carbocycles. The van der Waals surface area contributed by atoms with Crippen LogP contribution in [0.4, 0.5) is 16.2 Å². The van der Waals surface area contributed by atoms with Crippen molar-refractivity contribution in [1.82, 2.24) is 4.90 Å². The molecule has 0 saturated heterocycles. The van der Waals surface area contributed by atoms with E-state index < -0.39 is 12.1 Å². The number of urea groups is 1. The minimum atomic E-state index is -0.735. The normalized spacial score (nSPS) is 13.4. The summed E-state index contributed by atoms with van der Waals surface area (Å²) in [5, 5.41) is 7.32. The zero-order valence-electron chi connectivity index (χ0n) is 17.7. The smallest absolute Gasteiger partial charge is 0.323 e. The van der Waals surface area contributed by atoms with Gasteiger partial charge in [0, 0.05) is 44.6 Å². The number of carbonyl (C=O) groups excluding carboxylic acids is 2. The summed E-state index contributed by atoms with van der Waals surface area (Å²) in [6, 6.07) is 14.2. The lowest BCUT2D eigenvalue weighted by Crippen LogP contribution is -2.42. The fourth-order valence-electron chi connectivity index (χ4n) is 3.79. The molecule has 0 bridgehead atoms. The van der Waals surface area contributed by atoms with Gasteiger partial charge in [-0.25, -0.2) is 4.79 Å². The zero-order valence-corrected chi connectivity index (χ0v) is 20.8. The summed E-state index contributed by atoms with van der Waals surface area (Å²) in [4.78, 5) is 27.0. The Morgan fingerprint density at radius 1 is 0.824 bits per heavy atom. The predicted molar refractivity (Wildman–Crippen MR) is 138 cm³/mol.